The molecule has 7 heteroatoms. The monoisotopic (exact) mass is 241 g/mol. The number of carbonyl (C=O) groups excluding carboxylic acids is 1. The average molecular weight is 241 g/mol. The van der Waals surface area contributed by atoms with Crippen LogP contribution in [-0.4, -0.2) is 18.1 Å². The maximum absolute atomic E-state index is 12.6. The predicted molar refractivity (Wildman–Crippen MR) is 54.0 cm³/mol. The summed E-state index contributed by atoms with van der Waals surface area (Å²) < 4.78 is 29.6. The first-order valence-electron chi connectivity index (χ1n) is 4.54. The van der Waals surface area contributed by atoms with Crippen molar-refractivity contribution in [2.24, 2.45) is 0 Å². The Kier molecular flexibility index (Phi) is 3.93. The van der Waals surface area contributed by atoms with Gasteiger partial charge in [-0.05, 0) is 11.6 Å². The molecular formula is C10H9F2N3O2. The van der Waals surface area contributed by atoms with Crippen molar-refractivity contribution in [1.29, 1.82) is 5.26 Å². The number of anilines is 1. The van der Waals surface area contributed by atoms with Gasteiger partial charge in [-0.2, -0.15) is 5.26 Å². The van der Waals surface area contributed by atoms with Crippen molar-refractivity contribution < 1.29 is 18.3 Å². The lowest BCUT2D eigenvalue weighted by molar-refractivity contribution is -0.139. The van der Waals surface area contributed by atoms with Crippen LogP contribution in [0.3, 0.4) is 0 Å². The van der Waals surface area contributed by atoms with Gasteiger partial charge in [0, 0.05) is 0 Å². The van der Waals surface area contributed by atoms with Gasteiger partial charge < -0.3 is 10.5 Å². The van der Waals surface area contributed by atoms with Crippen molar-refractivity contribution >= 4 is 11.8 Å². The van der Waals surface area contributed by atoms with E-state index in [4.69, 9.17) is 11.0 Å². The Hall–Kier alpha value is -2.23. The number of nitrogens with two attached hydrogens (primary N) is 1. The van der Waals surface area contributed by atoms with Crippen LogP contribution in [0.15, 0.2) is 6.07 Å². The van der Waals surface area contributed by atoms with Gasteiger partial charge in [-0.15, -0.1) is 0 Å². The third kappa shape index (κ3) is 2.87. The zero-order valence-corrected chi connectivity index (χ0v) is 8.91. The third-order valence-electron chi connectivity index (χ3n) is 2.03. The number of rotatable bonds is 3. The highest BCUT2D eigenvalue weighted by molar-refractivity contribution is 5.74. The van der Waals surface area contributed by atoms with E-state index in [1.54, 1.807) is 6.07 Å². The quantitative estimate of drug-likeness (QED) is 0.803. The Balaban J connectivity index is 3.29. The zero-order chi connectivity index (χ0) is 13.0. The topological polar surface area (TPSA) is 89.0 Å². The number of methoxy groups -OCH3 is 1. The average Bonchev–Trinajstić information content (AvgIpc) is 2.28. The summed E-state index contributed by atoms with van der Waals surface area (Å²) in [6.45, 7) is 0. The molecule has 90 valence electrons. The zero-order valence-electron chi connectivity index (χ0n) is 8.91. The first-order valence-corrected chi connectivity index (χ1v) is 4.54. The molecule has 0 atom stereocenters. The molecule has 1 aromatic heterocycles. The number of hydrogen-bond acceptors (Lipinski definition) is 5. The number of alkyl halides is 2. The number of carbonyl (C=O) groups is 1. The molecular weight excluding hydrogens is 232 g/mol. The lowest BCUT2D eigenvalue weighted by atomic mass is 10.0. The number of nitrogen functional groups attached to an aromatic ring is 1. The maximum atomic E-state index is 12.6. The minimum atomic E-state index is -2.93. The second kappa shape index (κ2) is 5.21. The van der Waals surface area contributed by atoms with Crippen LogP contribution in [0.4, 0.5) is 14.6 Å². The van der Waals surface area contributed by atoms with Crippen LogP contribution in [0.5, 0.6) is 0 Å². The number of esters is 1. The molecule has 0 saturated heterocycles. The van der Waals surface area contributed by atoms with E-state index in [1.165, 1.54) is 6.07 Å². The number of nitrogens with zero attached hydrogens (tertiary/aromatic N) is 2. The summed E-state index contributed by atoms with van der Waals surface area (Å²) in [6, 6.07) is 2.81. The molecule has 0 aromatic carbocycles. The number of nitriles is 1. The molecule has 0 fully saturated rings. The lowest BCUT2D eigenvalue weighted by Crippen LogP contribution is -2.10. The minimum absolute atomic E-state index is 0.0853. The van der Waals surface area contributed by atoms with Crippen LogP contribution in [-0.2, 0) is 16.0 Å². The first-order chi connectivity index (χ1) is 7.99. The van der Waals surface area contributed by atoms with Gasteiger partial charge in [0.25, 0.3) is 6.43 Å². The number of pyridine rings is 1. The summed E-state index contributed by atoms with van der Waals surface area (Å²) in [5.74, 6) is -0.814. The van der Waals surface area contributed by atoms with E-state index in [2.05, 4.69) is 9.72 Å². The molecule has 1 aromatic rings. The molecule has 2 N–H and O–H groups in total. The largest absolute Gasteiger partial charge is 0.469 e. The fourth-order valence-corrected chi connectivity index (χ4v) is 1.30. The van der Waals surface area contributed by atoms with Crippen LogP contribution >= 0.6 is 0 Å². The van der Waals surface area contributed by atoms with Crippen molar-refractivity contribution in [2.45, 2.75) is 12.8 Å². The SMILES string of the molecule is COC(=O)Cc1cc(N)nc(C(F)F)c1C#N. The van der Waals surface area contributed by atoms with Crippen molar-refractivity contribution in [3.05, 3.63) is 22.9 Å². The summed E-state index contributed by atoms with van der Waals surface area (Å²) >= 11 is 0. The lowest BCUT2D eigenvalue weighted by Gasteiger charge is -2.08. The Labute approximate surface area is 95.8 Å². The van der Waals surface area contributed by atoms with E-state index in [1.807, 2.05) is 0 Å². The highest BCUT2D eigenvalue weighted by Gasteiger charge is 2.20. The minimum Gasteiger partial charge on any atom is -0.469 e. The standard InChI is InChI=1S/C10H9F2N3O2/c1-17-8(16)3-5-2-7(14)15-9(10(11)12)6(5)4-13/h2,10H,3H2,1H3,(H2,14,15). The third-order valence-corrected chi connectivity index (χ3v) is 2.03. The molecule has 0 aliphatic carbocycles. The van der Waals surface area contributed by atoms with E-state index in [-0.39, 0.29) is 23.4 Å². The predicted octanol–water partition coefficient (Wildman–Crippen LogP) is 1.19. The molecule has 0 radical (unpaired) electrons. The molecule has 5 nitrogen and oxygen atoms in total. The maximum Gasteiger partial charge on any atom is 0.310 e. The Bertz CT molecular complexity index is 483. The summed E-state index contributed by atoms with van der Waals surface area (Å²) in [4.78, 5) is 14.5. The van der Waals surface area contributed by atoms with Gasteiger partial charge >= 0.3 is 5.97 Å². The normalized spacial score (nSPS) is 10.1. The summed E-state index contributed by atoms with van der Waals surface area (Å²) in [6.07, 6.45) is -3.23. The van der Waals surface area contributed by atoms with Crippen LogP contribution in [0.25, 0.3) is 0 Å². The second-order valence-corrected chi connectivity index (χ2v) is 3.13. The van der Waals surface area contributed by atoms with Crippen molar-refractivity contribution in [3.8, 4) is 6.07 Å². The molecule has 0 unspecified atom stereocenters. The van der Waals surface area contributed by atoms with E-state index in [0.717, 1.165) is 7.11 Å². The van der Waals surface area contributed by atoms with Crippen molar-refractivity contribution in [1.82, 2.24) is 4.98 Å². The number of halogens is 2. The fourth-order valence-electron chi connectivity index (χ4n) is 1.30. The van der Waals surface area contributed by atoms with Gasteiger partial charge in [0.05, 0.1) is 19.1 Å². The van der Waals surface area contributed by atoms with Crippen LogP contribution in [0, 0.1) is 11.3 Å². The van der Waals surface area contributed by atoms with E-state index in [9.17, 15) is 13.6 Å². The smallest absolute Gasteiger partial charge is 0.310 e. The Morgan fingerprint density at radius 1 is 1.71 bits per heavy atom. The Morgan fingerprint density at radius 2 is 2.35 bits per heavy atom. The summed E-state index contributed by atoms with van der Waals surface area (Å²) in [5, 5.41) is 8.81. The van der Waals surface area contributed by atoms with Gasteiger partial charge in [0.2, 0.25) is 0 Å². The number of ether oxygens (including phenoxy) is 1. The molecule has 0 bridgehead atoms. The van der Waals surface area contributed by atoms with Crippen LogP contribution in [0.2, 0.25) is 0 Å². The van der Waals surface area contributed by atoms with Gasteiger partial charge in [-0.1, -0.05) is 0 Å². The molecule has 1 heterocycles. The molecule has 0 amide bonds. The van der Waals surface area contributed by atoms with Gasteiger partial charge in [0.1, 0.15) is 17.6 Å². The molecule has 0 spiro atoms. The highest BCUT2D eigenvalue weighted by Crippen LogP contribution is 2.25. The number of aromatic nitrogens is 1. The Morgan fingerprint density at radius 3 is 2.82 bits per heavy atom. The van der Waals surface area contributed by atoms with Crippen molar-refractivity contribution in [2.75, 3.05) is 12.8 Å². The number of hydrogen-bond donors (Lipinski definition) is 1. The van der Waals surface area contributed by atoms with Crippen molar-refractivity contribution in [3.63, 3.8) is 0 Å². The molecule has 1 rings (SSSR count). The summed E-state index contributed by atoms with van der Waals surface area (Å²) in [5.41, 5.74) is 4.37. The van der Waals surface area contributed by atoms with Gasteiger partial charge in [-0.25, -0.2) is 13.8 Å². The molecule has 17 heavy (non-hydrogen) atoms. The highest BCUT2D eigenvalue weighted by atomic mass is 19.3. The van der Waals surface area contributed by atoms with Gasteiger partial charge in [0.15, 0.2) is 0 Å². The summed E-state index contributed by atoms with van der Waals surface area (Å²) in [7, 11) is 1.16. The van der Waals surface area contributed by atoms with E-state index >= 15 is 0 Å². The van der Waals surface area contributed by atoms with E-state index in [0.29, 0.717) is 0 Å². The fraction of sp³-hybridized carbons (Fsp3) is 0.300. The van der Waals surface area contributed by atoms with Crippen LogP contribution < -0.4 is 5.73 Å². The first kappa shape index (κ1) is 12.8. The van der Waals surface area contributed by atoms with E-state index < -0.39 is 18.1 Å². The van der Waals surface area contributed by atoms with Crippen LogP contribution in [0.1, 0.15) is 23.2 Å². The molecule has 0 saturated carbocycles. The molecule has 0 aliphatic heterocycles. The molecule has 0 aliphatic rings. The second-order valence-electron chi connectivity index (χ2n) is 3.13. The van der Waals surface area contributed by atoms with Gasteiger partial charge in [-0.3, -0.25) is 4.79 Å².